The van der Waals surface area contributed by atoms with Crippen LogP contribution in [0.5, 0.6) is 0 Å². The Balaban J connectivity index is 1.56. The highest BCUT2D eigenvalue weighted by molar-refractivity contribution is 14.1. The van der Waals surface area contributed by atoms with Gasteiger partial charge in [-0.3, -0.25) is 0 Å². The van der Waals surface area contributed by atoms with E-state index in [1.807, 2.05) is 0 Å². The molecule has 3 atom stereocenters. The van der Waals surface area contributed by atoms with Crippen molar-refractivity contribution in [2.75, 3.05) is 0 Å². The second-order valence-corrected chi connectivity index (χ2v) is 9.82. The van der Waals surface area contributed by atoms with Crippen molar-refractivity contribution in [1.82, 2.24) is 0 Å². The van der Waals surface area contributed by atoms with E-state index >= 15 is 0 Å². The molecule has 114 valence electrons. The molecule has 4 fully saturated rings. The quantitative estimate of drug-likeness (QED) is 0.734. The van der Waals surface area contributed by atoms with Crippen LogP contribution < -0.4 is 5.73 Å². The van der Waals surface area contributed by atoms with E-state index in [4.69, 9.17) is 5.73 Å². The maximum Gasteiger partial charge on any atom is 0.0137 e. The molecule has 4 aliphatic rings. The third kappa shape index (κ3) is 2.56. The SMILES string of the molecule is CC12CC3CC(C1)CC(C(N)Cc1ccc(I)cc1)(C3)C2. The Labute approximate surface area is 142 Å². The van der Waals surface area contributed by atoms with Crippen LogP contribution >= 0.6 is 22.6 Å². The van der Waals surface area contributed by atoms with Gasteiger partial charge >= 0.3 is 0 Å². The maximum absolute atomic E-state index is 6.80. The topological polar surface area (TPSA) is 26.0 Å². The fourth-order valence-corrected chi connectivity index (χ4v) is 6.68. The molecule has 1 nitrogen and oxygen atoms in total. The summed E-state index contributed by atoms with van der Waals surface area (Å²) in [5.41, 5.74) is 9.27. The zero-order chi connectivity index (χ0) is 14.7. The maximum atomic E-state index is 6.80. The summed E-state index contributed by atoms with van der Waals surface area (Å²) in [4.78, 5) is 0. The van der Waals surface area contributed by atoms with Gasteiger partial charge in [0.05, 0.1) is 0 Å². The molecule has 0 aliphatic heterocycles. The smallest absolute Gasteiger partial charge is 0.0137 e. The molecule has 0 radical (unpaired) electrons. The fraction of sp³-hybridized carbons (Fsp3) is 0.684. The average molecular weight is 395 g/mol. The minimum absolute atomic E-state index is 0.350. The van der Waals surface area contributed by atoms with Crippen molar-refractivity contribution in [3.63, 3.8) is 0 Å². The molecule has 0 spiro atoms. The third-order valence-electron chi connectivity index (χ3n) is 6.55. The number of hydrogen-bond donors (Lipinski definition) is 1. The predicted octanol–water partition coefficient (Wildman–Crippen LogP) is 4.77. The Morgan fingerprint density at radius 1 is 1.14 bits per heavy atom. The van der Waals surface area contributed by atoms with Gasteiger partial charge in [0, 0.05) is 9.61 Å². The zero-order valence-electron chi connectivity index (χ0n) is 12.9. The van der Waals surface area contributed by atoms with Gasteiger partial charge in [-0.2, -0.15) is 0 Å². The summed E-state index contributed by atoms with van der Waals surface area (Å²) >= 11 is 2.37. The molecule has 21 heavy (non-hydrogen) atoms. The lowest BCUT2D eigenvalue weighted by molar-refractivity contribution is -0.112. The van der Waals surface area contributed by atoms with Gasteiger partial charge in [0.15, 0.2) is 0 Å². The van der Waals surface area contributed by atoms with E-state index in [1.165, 1.54) is 47.7 Å². The zero-order valence-corrected chi connectivity index (χ0v) is 15.1. The molecule has 2 heteroatoms. The standard InChI is InChI=1S/C19H26IN/c1-18-8-14-6-15(9-18)11-19(10-14,12-18)17(21)7-13-2-4-16(20)5-3-13/h2-5,14-15,17H,6-12,21H2,1H3. The van der Waals surface area contributed by atoms with Crippen LogP contribution in [0.1, 0.15) is 51.0 Å². The van der Waals surface area contributed by atoms with Gasteiger partial charge in [-0.1, -0.05) is 19.1 Å². The van der Waals surface area contributed by atoms with Crippen molar-refractivity contribution in [2.24, 2.45) is 28.4 Å². The predicted molar refractivity (Wildman–Crippen MR) is 96.1 cm³/mol. The lowest BCUT2D eigenvalue weighted by Gasteiger charge is -2.63. The first-order chi connectivity index (χ1) is 9.96. The van der Waals surface area contributed by atoms with Crippen LogP contribution in [0, 0.1) is 26.2 Å². The summed E-state index contributed by atoms with van der Waals surface area (Å²) in [6.07, 6.45) is 9.71. The first kappa shape index (κ1) is 14.5. The summed E-state index contributed by atoms with van der Waals surface area (Å²) in [6, 6.07) is 9.31. The van der Waals surface area contributed by atoms with Crippen molar-refractivity contribution < 1.29 is 0 Å². The molecular weight excluding hydrogens is 369 g/mol. The average Bonchev–Trinajstić information content (AvgIpc) is 2.38. The van der Waals surface area contributed by atoms with Gasteiger partial charge in [0.2, 0.25) is 0 Å². The van der Waals surface area contributed by atoms with E-state index in [1.54, 1.807) is 0 Å². The molecule has 0 aromatic heterocycles. The fourth-order valence-electron chi connectivity index (χ4n) is 6.32. The highest BCUT2D eigenvalue weighted by atomic mass is 127. The van der Waals surface area contributed by atoms with Crippen molar-refractivity contribution in [3.05, 3.63) is 33.4 Å². The second-order valence-electron chi connectivity index (χ2n) is 8.57. The Morgan fingerprint density at radius 2 is 1.76 bits per heavy atom. The van der Waals surface area contributed by atoms with E-state index in [0.717, 1.165) is 18.3 Å². The molecule has 0 amide bonds. The Bertz CT molecular complexity index is 521. The third-order valence-corrected chi connectivity index (χ3v) is 7.27. The summed E-state index contributed by atoms with van der Waals surface area (Å²) < 4.78 is 1.31. The summed E-state index contributed by atoms with van der Waals surface area (Å²) in [5.74, 6) is 1.94. The number of rotatable bonds is 3. The lowest BCUT2D eigenvalue weighted by atomic mass is 9.43. The summed E-state index contributed by atoms with van der Waals surface area (Å²) in [5, 5.41) is 0. The van der Waals surface area contributed by atoms with Crippen LogP contribution in [0.2, 0.25) is 0 Å². The van der Waals surface area contributed by atoms with Crippen LogP contribution in [-0.2, 0) is 6.42 Å². The first-order valence-corrected chi connectivity index (χ1v) is 9.54. The molecule has 1 aromatic carbocycles. The van der Waals surface area contributed by atoms with Crippen molar-refractivity contribution in [1.29, 1.82) is 0 Å². The van der Waals surface area contributed by atoms with E-state index in [2.05, 4.69) is 53.8 Å². The van der Waals surface area contributed by atoms with Crippen molar-refractivity contribution in [2.45, 2.75) is 57.9 Å². The number of halogens is 1. The van der Waals surface area contributed by atoms with Gasteiger partial charge in [-0.25, -0.2) is 0 Å². The molecule has 4 bridgehead atoms. The summed E-state index contributed by atoms with van der Waals surface area (Å²) in [7, 11) is 0. The molecule has 0 saturated heterocycles. The van der Waals surface area contributed by atoms with Crippen LogP contribution in [0.3, 0.4) is 0 Å². The molecule has 5 rings (SSSR count). The van der Waals surface area contributed by atoms with Gasteiger partial charge in [0.25, 0.3) is 0 Å². The van der Waals surface area contributed by atoms with Crippen molar-refractivity contribution >= 4 is 22.6 Å². The minimum Gasteiger partial charge on any atom is -0.327 e. The van der Waals surface area contributed by atoms with Gasteiger partial charge in [-0.05, 0) is 108 Å². The molecule has 1 aromatic rings. The minimum atomic E-state index is 0.350. The lowest BCUT2D eigenvalue weighted by Crippen LogP contribution is -2.58. The largest absolute Gasteiger partial charge is 0.327 e. The van der Waals surface area contributed by atoms with Crippen LogP contribution in [0.25, 0.3) is 0 Å². The monoisotopic (exact) mass is 395 g/mol. The molecule has 4 saturated carbocycles. The van der Waals surface area contributed by atoms with E-state index in [9.17, 15) is 0 Å². The first-order valence-electron chi connectivity index (χ1n) is 8.46. The number of hydrogen-bond acceptors (Lipinski definition) is 1. The molecule has 4 aliphatic carbocycles. The molecular formula is C19H26IN. The highest BCUT2D eigenvalue weighted by Crippen LogP contribution is 2.66. The Kier molecular flexibility index (Phi) is 3.42. The Hall–Kier alpha value is -0.0900. The van der Waals surface area contributed by atoms with Gasteiger partial charge < -0.3 is 5.73 Å². The second kappa shape index (κ2) is 4.95. The van der Waals surface area contributed by atoms with E-state index in [-0.39, 0.29) is 0 Å². The van der Waals surface area contributed by atoms with Crippen LogP contribution in [0.15, 0.2) is 24.3 Å². The normalized spacial score (nSPS) is 42.2. The Morgan fingerprint density at radius 3 is 2.33 bits per heavy atom. The number of nitrogens with two attached hydrogens (primary N) is 1. The van der Waals surface area contributed by atoms with Crippen molar-refractivity contribution in [3.8, 4) is 0 Å². The molecule has 0 heterocycles. The van der Waals surface area contributed by atoms with E-state index < -0.39 is 0 Å². The summed E-state index contributed by atoms with van der Waals surface area (Å²) in [6.45, 7) is 2.54. The van der Waals surface area contributed by atoms with Crippen LogP contribution in [-0.4, -0.2) is 6.04 Å². The molecule has 2 N–H and O–H groups in total. The highest BCUT2D eigenvalue weighted by Gasteiger charge is 2.57. The number of benzene rings is 1. The van der Waals surface area contributed by atoms with Crippen LogP contribution in [0.4, 0.5) is 0 Å². The van der Waals surface area contributed by atoms with E-state index in [0.29, 0.717) is 16.9 Å². The van der Waals surface area contributed by atoms with Gasteiger partial charge in [-0.15, -0.1) is 0 Å². The van der Waals surface area contributed by atoms with Gasteiger partial charge in [0.1, 0.15) is 0 Å². The molecule has 3 unspecified atom stereocenters.